The van der Waals surface area contributed by atoms with Crippen LogP contribution in [0.4, 0.5) is 0 Å². The van der Waals surface area contributed by atoms with Crippen LogP contribution < -0.4 is 0 Å². The van der Waals surface area contributed by atoms with E-state index < -0.39 is 0 Å². The third-order valence-electron chi connectivity index (χ3n) is 2.55. The number of carbonyl (C=O) groups excluding carboxylic acids is 1. The lowest BCUT2D eigenvalue weighted by molar-refractivity contribution is 0.101. The maximum Gasteiger partial charge on any atom is 0.159 e. The lowest BCUT2D eigenvalue weighted by Gasteiger charge is -2.11. The van der Waals surface area contributed by atoms with E-state index in [-0.39, 0.29) is 5.78 Å². The summed E-state index contributed by atoms with van der Waals surface area (Å²) in [7, 11) is 0. The number of hydrogen-bond donors (Lipinski definition) is 0. The fourth-order valence-corrected chi connectivity index (χ4v) is 2.14. The molecule has 0 aromatic heterocycles. The predicted molar refractivity (Wildman–Crippen MR) is 62.9 cm³/mol. The van der Waals surface area contributed by atoms with Crippen molar-refractivity contribution in [2.24, 2.45) is 0 Å². The third kappa shape index (κ3) is 2.44. The molecule has 0 N–H and O–H groups in total. The SMILES string of the molecule is CCC(C)c1ccc(C(C)=O)cc1Br. The highest BCUT2D eigenvalue weighted by Gasteiger charge is 2.09. The second kappa shape index (κ2) is 4.74. The van der Waals surface area contributed by atoms with E-state index in [2.05, 4.69) is 29.8 Å². The van der Waals surface area contributed by atoms with Crippen LogP contribution in [0.1, 0.15) is 49.0 Å². The van der Waals surface area contributed by atoms with Crippen LogP contribution in [0.25, 0.3) is 0 Å². The summed E-state index contributed by atoms with van der Waals surface area (Å²) in [5, 5.41) is 0. The van der Waals surface area contributed by atoms with Gasteiger partial charge in [-0.05, 0) is 30.9 Å². The quantitative estimate of drug-likeness (QED) is 0.741. The van der Waals surface area contributed by atoms with Crippen molar-refractivity contribution < 1.29 is 4.79 Å². The van der Waals surface area contributed by atoms with Crippen molar-refractivity contribution in [2.45, 2.75) is 33.1 Å². The van der Waals surface area contributed by atoms with Crippen LogP contribution in [0.15, 0.2) is 22.7 Å². The molecular formula is C12H15BrO. The van der Waals surface area contributed by atoms with Crippen LogP contribution >= 0.6 is 15.9 Å². The smallest absolute Gasteiger partial charge is 0.159 e. The number of ketones is 1. The third-order valence-corrected chi connectivity index (χ3v) is 3.24. The van der Waals surface area contributed by atoms with Crippen molar-refractivity contribution in [3.8, 4) is 0 Å². The van der Waals surface area contributed by atoms with Crippen molar-refractivity contribution in [3.05, 3.63) is 33.8 Å². The Morgan fingerprint density at radius 3 is 2.57 bits per heavy atom. The van der Waals surface area contributed by atoms with E-state index in [0.29, 0.717) is 5.92 Å². The van der Waals surface area contributed by atoms with Crippen molar-refractivity contribution >= 4 is 21.7 Å². The van der Waals surface area contributed by atoms with Gasteiger partial charge in [-0.3, -0.25) is 4.79 Å². The van der Waals surface area contributed by atoms with Crippen molar-refractivity contribution in [1.29, 1.82) is 0 Å². The molecule has 0 saturated carbocycles. The van der Waals surface area contributed by atoms with Gasteiger partial charge in [-0.25, -0.2) is 0 Å². The maximum atomic E-state index is 11.1. The van der Waals surface area contributed by atoms with Crippen LogP contribution in [0.2, 0.25) is 0 Å². The van der Waals surface area contributed by atoms with E-state index in [9.17, 15) is 4.79 Å². The fraction of sp³-hybridized carbons (Fsp3) is 0.417. The zero-order chi connectivity index (χ0) is 10.7. The highest BCUT2D eigenvalue weighted by Crippen LogP contribution is 2.27. The van der Waals surface area contributed by atoms with Gasteiger partial charge in [0.1, 0.15) is 0 Å². The second-order valence-electron chi connectivity index (χ2n) is 3.60. The summed E-state index contributed by atoms with van der Waals surface area (Å²) in [6.45, 7) is 5.94. The first-order chi connectivity index (χ1) is 6.56. The Balaban J connectivity index is 3.07. The predicted octanol–water partition coefficient (Wildman–Crippen LogP) is 4.17. The summed E-state index contributed by atoms with van der Waals surface area (Å²) in [6.07, 6.45) is 1.11. The minimum absolute atomic E-state index is 0.112. The molecule has 0 amide bonds. The Labute approximate surface area is 93.7 Å². The van der Waals surface area contributed by atoms with Crippen LogP contribution in [0.5, 0.6) is 0 Å². The molecule has 0 aliphatic heterocycles. The molecule has 0 aliphatic rings. The minimum Gasteiger partial charge on any atom is -0.295 e. The van der Waals surface area contributed by atoms with E-state index >= 15 is 0 Å². The van der Waals surface area contributed by atoms with Crippen LogP contribution in [-0.4, -0.2) is 5.78 Å². The van der Waals surface area contributed by atoms with E-state index in [4.69, 9.17) is 0 Å². The van der Waals surface area contributed by atoms with Gasteiger partial charge in [-0.15, -0.1) is 0 Å². The Hall–Kier alpha value is -0.630. The van der Waals surface area contributed by atoms with Gasteiger partial charge in [-0.2, -0.15) is 0 Å². The lowest BCUT2D eigenvalue weighted by Crippen LogP contribution is -1.97. The van der Waals surface area contributed by atoms with Gasteiger partial charge in [0.05, 0.1) is 0 Å². The molecule has 1 aromatic rings. The van der Waals surface area contributed by atoms with Gasteiger partial charge < -0.3 is 0 Å². The van der Waals surface area contributed by atoms with E-state index in [1.807, 2.05) is 18.2 Å². The number of Topliss-reactive ketones (excluding diaryl/α,β-unsaturated/α-hetero) is 1. The van der Waals surface area contributed by atoms with Gasteiger partial charge >= 0.3 is 0 Å². The number of halogens is 1. The Bertz CT molecular complexity index is 344. The molecule has 76 valence electrons. The molecule has 1 aromatic carbocycles. The zero-order valence-corrected chi connectivity index (χ0v) is 10.4. The first kappa shape index (κ1) is 11.4. The normalized spacial score (nSPS) is 12.6. The van der Waals surface area contributed by atoms with Crippen molar-refractivity contribution in [3.63, 3.8) is 0 Å². The van der Waals surface area contributed by atoms with E-state index in [0.717, 1.165) is 16.5 Å². The zero-order valence-electron chi connectivity index (χ0n) is 8.80. The van der Waals surface area contributed by atoms with Gasteiger partial charge in [0, 0.05) is 10.0 Å². The largest absolute Gasteiger partial charge is 0.295 e. The van der Waals surface area contributed by atoms with Crippen LogP contribution in [0.3, 0.4) is 0 Å². The molecule has 0 fully saturated rings. The summed E-state index contributed by atoms with van der Waals surface area (Å²) in [6, 6.07) is 5.84. The summed E-state index contributed by atoms with van der Waals surface area (Å²) < 4.78 is 1.04. The molecule has 0 radical (unpaired) electrons. The average molecular weight is 255 g/mol. The number of hydrogen-bond acceptors (Lipinski definition) is 1. The first-order valence-corrected chi connectivity index (χ1v) is 5.66. The highest BCUT2D eigenvalue weighted by molar-refractivity contribution is 9.10. The summed E-state index contributed by atoms with van der Waals surface area (Å²) in [5.74, 6) is 0.645. The monoisotopic (exact) mass is 254 g/mol. The van der Waals surface area contributed by atoms with Gasteiger partial charge in [0.15, 0.2) is 5.78 Å². The number of rotatable bonds is 3. The molecule has 0 heterocycles. The molecule has 1 atom stereocenters. The highest BCUT2D eigenvalue weighted by atomic mass is 79.9. The molecular weight excluding hydrogens is 240 g/mol. The van der Waals surface area contributed by atoms with Gasteiger partial charge in [0.25, 0.3) is 0 Å². The van der Waals surface area contributed by atoms with E-state index in [1.165, 1.54) is 5.56 Å². The second-order valence-corrected chi connectivity index (χ2v) is 4.46. The van der Waals surface area contributed by atoms with Gasteiger partial charge in [-0.1, -0.05) is 41.9 Å². The number of benzene rings is 1. The standard InChI is InChI=1S/C12H15BrO/c1-4-8(2)11-6-5-10(9(3)14)7-12(11)13/h5-8H,4H2,1-3H3. The lowest BCUT2D eigenvalue weighted by atomic mass is 9.97. The molecule has 14 heavy (non-hydrogen) atoms. The summed E-state index contributed by atoms with van der Waals surface area (Å²) in [5.41, 5.74) is 2.04. The molecule has 1 nitrogen and oxygen atoms in total. The molecule has 0 bridgehead atoms. The molecule has 2 heteroatoms. The average Bonchev–Trinajstić information content (AvgIpc) is 2.16. The van der Waals surface area contributed by atoms with E-state index in [1.54, 1.807) is 6.92 Å². The van der Waals surface area contributed by atoms with Crippen molar-refractivity contribution in [2.75, 3.05) is 0 Å². The van der Waals surface area contributed by atoms with Crippen molar-refractivity contribution in [1.82, 2.24) is 0 Å². The topological polar surface area (TPSA) is 17.1 Å². The fourth-order valence-electron chi connectivity index (χ4n) is 1.37. The Kier molecular flexibility index (Phi) is 3.87. The molecule has 1 unspecified atom stereocenters. The summed E-state index contributed by atoms with van der Waals surface area (Å²) >= 11 is 3.50. The molecule has 1 rings (SSSR count). The molecule has 0 aliphatic carbocycles. The number of carbonyl (C=O) groups is 1. The minimum atomic E-state index is 0.112. The Morgan fingerprint density at radius 1 is 1.50 bits per heavy atom. The van der Waals surface area contributed by atoms with Gasteiger partial charge in [0.2, 0.25) is 0 Å². The maximum absolute atomic E-state index is 11.1. The Morgan fingerprint density at radius 2 is 2.14 bits per heavy atom. The first-order valence-electron chi connectivity index (χ1n) is 4.86. The summed E-state index contributed by atoms with van der Waals surface area (Å²) in [4.78, 5) is 11.1. The van der Waals surface area contributed by atoms with Crippen LogP contribution in [0, 0.1) is 0 Å². The van der Waals surface area contributed by atoms with Crippen LogP contribution in [-0.2, 0) is 0 Å². The molecule has 0 spiro atoms. The molecule has 0 saturated heterocycles.